The van der Waals surface area contributed by atoms with Gasteiger partial charge in [0.15, 0.2) is 0 Å². The molecule has 1 aromatic rings. The number of rotatable bonds is 2. The second-order valence-corrected chi connectivity index (χ2v) is 3.31. The molecule has 0 saturated carbocycles. The van der Waals surface area contributed by atoms with Crippen LogP contribution in [-0.4, -0.2) is 6.54 Å². The topological polar surface area (TPSA) is 52.0 Å². The zero-order chi connectivity index (χ0) is 8.27. The Morgan fingerprint density at radius 1 is 1.27 bits per heavy atom. The smallest absolute Gasteiger partial charge is 0.0419 e. The maximum atomic E-state index is 5.70. The molecule has 1 aromatic carbocycles. The van der Waals surface area contributed by atoms with Crippen LogP contribution >= 0.6 is 15.9 Å². The molecule has 4 N–H and O–H groups in total. The molecule has 11 heavy (non-hydrogen) atoms. The van der Waals surface area contributed by atoms with Crippen LogP contribution in [0.3, 0.4) is 0 Å². The van der Waals surface area contributed by atoms with Crippen LogP contribution in [0.15, 0.2) is 28.7 Å². The van der Waals surface area contributed by atoms with Crippen LogP contribution in [0.2, 0.25) is 0 Å². The molecule has 2 nitrogen and oxygen atoms in total. The lowest BCUT2D eigenvalue weighted by molar-refractivity contribution is 0.737. The summed E-state index contributed by atoms with van der Waals surface area (Å²) in [6.45, 7) is 0.488. The molecule has 0 aliphatic heterocycles. The van der Waals surface area contributed by atoms with Gasteiger partial charge in [-0.15, -0.1) is 0 Å². The van der Waals surface area contributed by atoms with Gasteiger partial charge in [-0.1, -0.05) is 28.1 Å². The normalized spacial score (nSPS) is 13.0. The molecule has 0 bridgehead atoms. The second-order valence-electron chi connectivity index (χ2n) is 2.39. The van der Waals surface area contributed by atoms with E-state index in [9.17, 15) is 0 Å². The second kappa shape index (κ2) is 3.85. The lowest BCUT2D eigenvalue weighted by Crippen LogP contribution is -2.20. The van der Waals surface area contributed by atoms with Gasteiger partial charge in [-0.3, -0.25) is 0 Å². The van der Waals surface area contributed by atoms with Gasteiger partial charge in [0.2, 0.25) is 0 Å². The van der Waals surface area contributed by atoms with Gasteiger partial charge in [0.25, 0.3) is 0 Å². The Labute approximate surface area is 74.7 Å². The highest BCUT2D eigenvalue weighted by molar-refractivity contribution is 9.10. The maximum Gasteiger partial charge on any atom is 0.0419 e. The Bertz CT molecular complexity index is 220. The van der Waals surface area contributed by atoms with Crippen molar-refractivity contribution in [3.8, 4) is 0 Å². The van der Waals surface area contributed by atoms with Crippen LogP contribution in [0.25, 0.3) is 0 Å². The molecule has 60 valence electrons. The number of hydrogen-bond donors (Lipinski definition) is 2. The van der Waals surface area contributed by atoms with Crippen molar-refractivity contribution in [1.29, 1.82) is 0 Å². The van der Waals surface area contributed by atoms with E-state index in [4.69, 9.17) is 11.5 Å². The molecule has 1 atom stereocenters. The molecule has 3 heteroatoms. The fourth-order valence-corrected chi connectivity index (χ4v) is 1.11. The van der Waals surface area contributed by atoms with Crippen molar-refractivity contribution in [2.24, 2.45) is 11.5 Å². The molecule has 1 rings (SSSR count). The molecular weight excluding hydrogens is 204 g/mol. The highest BCUT2D eigenvalue weighted by atomic mass is 79.9. The van der Waals surface area contributed by atoms with E-state index in [1.807, 2.05) is 24.3 Å². The Balaban J connectivity index is 2.81. The third-order valence-corrected chi connectivity index (χ3v) is 2.08. The lowest BCUT2D eigenvalue weighted by Gasteiger charge is -2.07. The molecule has 0 radical (unpaired) electrons. The van der Waals surface area contributed by atoms with E-state index in [-0.39, 0.29) is 6.04 Å². The van der Waals surface area contributed by atoms with Gasteiger partial charge >= 0.3 is 0 Å². The van der Waals surface area contributed by atoms with Gasteiger partial charge in [-0.2, -0.15) is 0 Å². The van der Waals surface area contributed by atoms with Gasteiger partial charge in [0, 0.05) is 17.1 Å². The van der Waals surface area contributed by atoms with Gasteiger partial charge < -0.3 is 11.5 Å². The first-order valence-electron chi connectivity index (χ1n) is 3.45. The predicted molar refractivity (Wildman–Crippen MR) is 50.1 cm³/mol. The number of benzene rings is 1. The molecule has 0 heterocycles. The summed E-state index contributed by atoms with van der Waals surface area (Å²) in [4.78, 5) is 0. The first-order chi connectivity index (χ1) is 5.24. The van der Waals surface area contributed by atoms with E-state index in [1.165, 1.54) is 0 Å². The first kappa shape index (κ1) is 8.71. The largest absolute Gasteiger partial charge is 0.329 e. The summed E-state index contributed by atoms with van der Waals surface area (Å²) in [5, 5.41) is 0. The van der Waals surface area contributed by atoms with E-state index >= 15 is 0 Å². The van der Waals surface area contributed by atoms with Gasteiger partial charge in [0.05, 0.1) is 0 Å². The van der Waals surface area contributed by atoms with Crippen molar-refractivity contribution in [1.82, 2.24) is 0 Å². The van der Waals surface area contributed by atoms with Crippen molar-refractivity contribution in [3.63, 3.8) is 0 Å². The summed E-state index contributed by atoms with van der Waals surface area (Å²) in [6.07, 6.45) is 0. The van der Waals surface area contributed by atoms with Crippen LogP contribution in [0.4, 0.5) is 0 Å². The third-order valence-electron chi connectivity index (χ3n) is 1.55. The molecule has 0 fully saturated rings. The van der Waals surface area contributed by atoms with Crippen LogP contribution in [-0.2, 0) is 0 Å². The number of hydrogen-bond acceptors (Lipinski definition) is 2. The van der Waals surface area contributed by atoms with Crippen LogP contribution in [0, 0.1) is 0 Å². The van der Waals surface area contributed by atoms with E-state index in [2.05, 4.69) is 15.9 Å². The van der Waals surface area contributed by atoms with Crippen molar-refractivity contribution >= 4 is 15.9 Å². The average molecular weight is 215 g/mol. The minimum atomic E-state index is -0.0388. The number of halogens is 1. The van der Waals surface area contributed by atoms with Crippen molar-refractivity contribution in [3.05, 3.63) is 34.3 Å². The van der Waals surface area contributed by atoms with Crippen LogP contribution in [0.1, 0.15) is 11.6 Å². The molecule has 0 saturated heterocycles. The minimum absolute atomic E-state index is 0.0388. The minimum Gasteiger partial charge on any atom is -0.329 e. The van der Waals surface area contributed by atoms with E-state index in [0.717, 1.165) is 10.0 Å². The molecule has 1 unspecified atom stereocenters. The summed E-state index contributed by atoms with van der Waals surface area (Å²) in [6, 6.07) is 7.84. The molecule has 0 aliphatic rings. The molecule has 0 aliphatic carbocycles. The molecule has 0 spiro atoms. The van der Waals surface area contributed by atoms with Gasteiger partial charge in [0.1, 0.15) is 0 Å². The molecular formula is C8H11BrN2. The van der Waals surface area contributed by atoms with E-state index in [0.29, 0.717) is 6.54 Å². The average Bonchev–Trinajstić information content (AvgIpc) is 2.05. The zero-order valence-electron chi connectivity index (χ0n) is 6.13. The monoisotopic (exact) mass is 214 g/mol. The van der Waals surface area contributed by atoms with Crippen molar-refractivity contribution in [2.75, 3.05) is 6.54 Å². The summed E-state index contributed by atoms with van der Waals surface area (Å²) >= 11 is 3.34. The SMILES string of the molecule is NCC(N)c1ccc(Br)cc1. The maximum absolute atomic E-state index is 5.70. The van der Waals surface area contributed by atoms with Gasteiger partial charge in [-0.05, 0) is 17.7 Å². The molecule has 0 aromatic heterocycles. The fraction of sp³-hybridized carbons (Fsp3) is 0.250. The summed E-state index contributed by atoms with van der Waals surface area (Å²) in [5.41, 5.74) is 12.2. The first-order valence-corrected chi connectivity index (χ1v) is 4.24. The van der Waals surface area contributed by atoms with Crippen LogP contribution in [0.5, 0.6) is 0 Å². The number of nitrogens with two attached hydrogens (primary N) is 2. The predicted octanol–water partition coefficient (Wildman–Crippen LogP) is 1.41. The molecule has 0 amide bonds. The van der Waals surface area contributed by atoms with Crippen LogP contribution < -0.4 is 11.5 Å². The third kappa shape index (κ3) is 2.29. The summed E-state index contributed by atoms with van der Waals surface area (Å²) in [5.74, 6) is 0. The van der Waals surface area contributed by atoms with Crippen molar-refractivity contribution in [2.45, 2.75) is 6.04 Å². The Morgan fingerprint density at radius 3 is 2.27 bits per heavy atom. The lowest BCUT2D eigenvalue weighted by atomic mass is 10.1. The van der Waals surface area contributed by atoms with Crippen molar-refractivity contribution < 1.29 is 0 Å². The standard InChI is InChI=1S/C8H11BrN2/c9-7-3-1-6(2-4-7)8(11)5-10/h1-4,8H,5,10-11H2. The van der Waals surface area contributed by atoms with E-state index < -0.39 is 0 Å². The Morgan fingerprint density at radius 2 is 1.82 bits per heavy atom. The van der Waals surface area contributed by atoms with Gasteiger partial charge in [-0.25, -0.2) is 0 Å². The quantitative estimate of drug-likeness (QED) is 0.783. The zero-order valence-corrected chi connectivity index (χ0v) is 7.71. The highest BCUT2D eigenvalue weighted by Gasteiger charge is 2.01. The van der Waals surface area contributed by atoms with E-state index in [1.54, 1.807) is 0 Å². The Hall–Kier alpha value is -0.380. The summed E-state index contributed by atoms with van der Waals surface area (Å²) in [7, 11) is 0. The highest BCUT2D eigenvalue weighted by Crippen LogP contribution is 2.14. The summed E-state index contributed by atoms with van der Waals surface area (Å²) < 4.78 is 1.06. The fourth-order valence-electron chi connectivity index (χ4n) is 0.846. The Kier molecular flexibility index (Phi) is 3.05.